The van der Waals surface area contributed by atoms with Gasteiger partial charge in [0.25, 0.3) is 11.6 Å². The standard InChI is InChI=1S/C14H19N3O3/c1-10-7-12(4-5-13(10)17(19)20)14(18)16-6-2-3-11(8-15)9-16/h4-5,7,11H,2-3,6,8-9,15H2,1H3. The van der Waals surface area contributed by atoms with E-state index in [9.17, 15) is 14.9 Å². The second-order valence-electron chi connectivity index (χ2n) is 5.25. The van der Waals surface area contributed by atoms with Crippen molar-refractivity contribution < 1.29 is 9.72 Å². The zero-order valence-corrected chi connectivity index (χ0v) is 11.5. The van der Waals surface area contributed by atoms with Crippen molar-refractivity contribution in [1.29, 1.82) is 0 Å². The Morgan fingerprint density at radius 3 is 2.90 bits per heavy atom. The van der Waals surface area contributed by atoms with E-state index in [4.69, 9.17) is 5.73 Å². The van der Waals surface area contributed by atoms with Crippen LogP contribution in [0.4, 0.5) is 5.69 Å². The molecule has 2 N–H and O–H groups in total. The van der Waals surface area contributed by atoms with Crippen molar-refractivity contribution in [3.8, 4) is 0 Å². The van der Waals surface area contributed by atoms with Crippen molar-refractivity contribution in [2.24, 2.45) is 11.7 Å². The number of aryl methyl sites for hydroxylation is 1. The molecule has 2 rings (SSSR count). The predicted octanol–water partition coefficient (Wildman–Crippen LogP) is 1.71. The summed E-state index contributed by atoms with van der Waals surface area (Å²) in [5.41, 5.74) is 6.72. The first-order valence-electron chi connectivity index (χ1n) is 6.77. The largest absolute Gasteiger partial charge is 0.338 e. The Hall–Kier alpha value is -1.95. The van der Waals surface area contributed by atoms with Gasteiger partial charge in [-0.2, -0.15) is 0 Å². The summed E-state index contributed by atoms with van der Waals surface area (Å²) in [5.74, 6) is 0.285. The second-order valence-corrected chi connectivity index (χ2v) is 5.25. The number of piperidine rings is 1. The monoisotopic (exact) mass is 277 g/mol. The zero-order chi connectivity index (χ0) is 14.7. The van der Waals surface area contributed by atoms with E-state index in [0.717, 1.165) is 19.4 Å². The fourth-order valence-electron chi connectivity index (χ4n) is 2.62. The Kier molecular flexibility index (Phi) is 4.34. The molecule has 1 saturated heterocycles. The van der Waals surface area contributed by atoms with Gasteiger partial charge in [0, 0.05) is 30.3 Å². The lowest BCUT2D eigenvalue weighted by Crippen LogP contribution is -2.42. The number of nitro groups is 1. The number of rotatable bonds is 3. The Morgan fingerprint density at radius 1 is 1.55 bits per heavy atom. The average Bonchev–Trinajstić information content (AvgIpc) is 2.46. The third-order valence-corrected chi connectivity index (χ3v) is 3.78. The van der Waals surface area contributed by atoms with Crippen LogP contribution in [0.5, 0.6) is 0 Å². The van der Waals surface area contributed by atoms with Gasteiger partial charge in [0.05, 0.1) is 4.92 Å². The topological polar surface area (TPSA) is 89.5 Å². The number of nitrogens with zero attached hydrogens (tertiary/aromatic N) is 2. The van der Waals surface area contributed by atoms with Gasteiger partial charge in [0.1, 0.15) is 0 Å². The van der Waals surface area contributed by atoms with Crippen LogP contribution in [-0.2, 0) is 0 Å². The molecule has 6 heteroatoms. The van der Waals surface area contributed by atoms with Crippen LogP contribution < -0.4 is 5.73 Å². The predicted molar refractivity (Wildman–Crippen MR) is 75.5 cm³/mol. The summed E-state index contributed by atoms with van der Waals surface area (Å²) in [5, 5.41) is 10.8. The summed E-state index contributed by atoms with van der Waals surface area (Å²) in [6.07, 6.45) is 2.01. The Morgan fingerprint density at radius 2 is 2.30 bits per heavy atom. The van der Waals surface area contributed by atoms with Gasteiger partial charge in [-0.15, -0.1) is 0 Å². The molecule has 0 spiro atoms. The molecule has 20 heavy (non-hydrogen) atoms. The second kappa shape index (κ2) is 6.00. The zero-order valence-electron chi connectivity index (χ0n) is 11.5. The number of hydrogen-bond donors (Lipinski definition) is 1. The van der Waals surface area contributed by atoms with Gasteiger partial charge in [-0.3, -0.25) is 14.9 Å². The number of hydrogen-bond acceptors (Lipinski definition) is 4. The van der Waals surface area contributed by atoms with E-state index in [0.29, 0.717) is 30.1 Å². The van der Waals surface area contributed by atoms with Gasteiger partial charge in [-0.1, -0.05) is 0 Å². The molecular weight excluding hydrogens is 258 g/mol. The number of carbonyl (C=O) groups is 1. The molecule has 108 valence electrons. The molecule has 0 aromatic heterocycles. The van der Waals surface area contributed by atoms with Gasteiger partial charge in [-0.25, -0.2) is 0 Å². The van der Waals surface area contributed by atoms with Crippen molar-refractivity contribution in [3.63, 3.8) is 0 Å². The molecule has 1 aliphatic rings. The fourth-order valence-corrected chi connectivity index (χ4v) is 2.62. The SMILES string of the molecule is Cc1cc(C(=O)N2CCCC(CN)C2)ccc1[N+](=O)[O-]. The first kappa shape index (κ1) is 14.5. The van der Waals surface area contributed by atoms with Gasteiger partial charge < -0.3 is 10.6 Å². The van der Waals surface area contributed by atoms with E-state index in [1.165, 1.54) is 12.1 Å². The summed E-state index contributed by atoms with van der Waals surface area (Å²) < 4.78 is 0. The van der Waals surface area contributed by atoms with E-state index in [1.807, 2.05) is 0 Å². The normalized spacial score (nSPS) is 18.9. The first-order chi connectivity index (χ1) is 9.52. The van der Waals surface area contributed by atoms with E-state index in [-0.39, 0.29) is 11.6 Å². The number of carbonyl (C=O) groups excluding carboxylic acids is 1. The Balaban J connectivity index is 2.17. The summed E-state index contributed by atoms with van der Waals surface area (Å²) in [6.45, 7) is 3.63. The summed E-state index contributed by atoms with van der Waals surface area (Å²) in [7, 11) is 0. The van der Waals surface area contributed by atoms with Crippen LogP contribution in [0, 0.1) is 23.0 Å². The van der Waals surface area contributed by atoms with E-state index in [1.54, 1.807) is 17.9 Å². The fraction of sp³-hybridized carbons (Fsp3) is 0.500. The van der Waals surface area contributed by atoms with Crippen LogP contribution in [0.2, 0.25) is 0 Å². The molecular formula is C14H19N3O3. The Bertz CT molecular complexity index is 530. The molecule has 1 heterocycles. The quantitative estimate of drug-likeness (QED) is 0.672. The molecule has 1 aromatic rings. The number of benzene rings is 1. The minimum absolute atomic E-state index is 0.0417. The number of amides is 1. The lowest BCUT2D eigenvalue weighted by Gasteiger charge is -2.32. The van der Waals surface area contributed by atoms with Gasteiger partial charge in [-0.05, 0) is 44.4 Å². The van der Waals surface area contributed by atoms with E-state index >= 15 is 0 Å². The molecule has 1 amide bonds. The molecule has 1 atom stereocenters. The smallest absolute Gasteiger partial charge is 0.272 e. The molecule has 0 bridgehead atoms. The maximum absolute atomic E-state index is 12.4. The minimum Gasteiger partial charge on any atom is -0.338 e. The number of nitro benzene ring substituents is 1. The highest BCUT2D eigenvalue weighted by atomic mass is 16.6. The van der Waals surface area contributed by atoms with Gasteiger partial charge in [0.2, 0.25) is 0 Å². The highest BCUT2D eigenvalue weighted by Gasteiger charge is 2.24. The molecule has 0 radical (unpaired) electrons. The maximum Gasteiger partial charge on any atom is 0.272 e. The van der Waals surface area contributed by atoms with Crippen molar-refractivity contribution in [2.45, 2.75) is 19.8 Å². The molecule has 0 aliphatic carbocycles. The van der Waals surface area contributed by atoms with Crippen LogP contribution >= 0.6 is 0 Å². The summed E-state index contributed by atoms with van der Waals surface area (Å²) in [6, 6.07) is 4.51. The lowest BCUT2D eigenvalue weighted by atomic mass is 9.97. The molecule has 1 aromatic carbocycles. The van der Waals surface area contributed by atoms with Gasteiger partial charge in [0.15, 0.2) is 0 Å². The highest BCUT2D eigenvalue weighted by molar-refractivity contribution is 5.94. The van der Waals surface area contributed by atoms with Crippen molar-refractivity contribution >= 4 is 11.6 Å². The number of likely N-dealkylation sites (tertiary alicyclic amines) is 1. The van der Waals surface area contributed by atoms with Crippen molar-refractivity contribution in [1.82, 2.24) is 4.90 Å². The van der Waals surface area contributed by atoms with Crippen LogP contribution in [-0.4, -0.2) is 35.4 Å². The molecule has 1 unspecified atom stereocenters. The Labute approximate surface area is 117 Å². The molecule has 6 nitrogen and oxygen atoms in total. The number of nitrogens with two attached hydrogens (primary N) is 1. The molecule has 1 fully saturated rings. The molecule has 0 saturated carbocycles. The third kappa shape index (κ3) is 2.96. The average molecular weight is 277 g/mol. The summed E-state index contributed by atoms with van der Waals surface area (Å²) >= 11 is 0. The van der Waals surface area contributed by atoms with Crippen LogP contribution in [0.3, 0.4) is 0 Å². The van der Waals surface area contributed by atoms with Crippen LogP contribution in [0.25, 0.3) is 0 Å². The van der Waals surface area contributed by atoms with Crippen LogP contribution in [0.15, 0.2) is 18.2 Å². The summed E-state index contributed by atoms with van der Waals surface area (Å²) in [4.78, 5) is 24.6. The lowest BCUT2D eigenvalue weighted by molar-refractivity contribution is -0.385. The van der Waals surface area contributed by atoms with Gasteiger partial charge >= 0.3 is 0 Å². The minimum atomic E-state index is -0.436. The van der Waals surface area contributed by atoms with Crippen molar-refractivity contribution in [3.05, 3.63) is 39.4 Å². The third-order valence-electron chi connectivity index (χ3n) is 3.78. The van der Waals surface area contributed by atoms with Crippen LogP contribution in [0.1, 0.15) is 28.8 Å². The maximum atomic E-state index is 12.4. The van der Waals surface area contributed by atoms with E-state index < -0.39 is 4.92 Å². The first-order valence-corrected chi connectivity index (χ1v) is 6.77. The molecule has 1 aliphatic heterocycles. The van der Waals surface area contributed by atoms with E-state index in [2.05, 4.69) is 0 Å². The van der Waals surface area contributed by atoms with Crippen molar-refractivity contribution in [2.75, 3.05) is 19.6 Å². The highest BCUT2D eigenvalue weighted by Crippen LogP contribution is 2.22.